The number of aromatic nitrogens is 2. The van der Waals surface area contributed by atoms with Crippen molar-refractivity contribution in [1.82, 2.24) is 15.4 Å². The third kappa shape index (κ3) is 5.95. The van der Waals surface area contributed by atoms with E-state index in [-0.39, 0.29) is 17.4 Å². The maximum Gasteiger partial charge on any atom is 0.250 e. The Morgan fingerprint density at radius 3 is 2.75 bits per heavy atom. The molecule has 148 valence electrons. The SMILES string of the molecule is Cc1cc(SCC(=O)N/N=C/c2ccccc2O)nc(N2CCCCCC2)n1. The number of hydrogen-bond donors (Lipinski definition) is 2. The number of nitrogens with zero attached hydrogens (tertiary/aromatic N) is 4. The number of aryl methyl sites for hydroxylation is 1. The van der Waals surface area contributed by atoms with Gasteiger partial charge >= 0.3 is 0 Å². The molecule has 28 heavy (non-hydrogen) atoms. The van der Waals surface area contributed by atoms with Crippen LogP contribution in [0, 0.1) is 6.92 Å². The average molecular weight is 400 g/mol. The van der Waals surface area contributed by atoms with E-state index in [0.717, 1.165) is 42.6 Å². The molecule has 1 aromatic heterocycles. The molecule has 0 spiro atoms. The van der Waals surface area contributed by atoms with Gasteiger partial charge in [-0.2, -0.15) is 5.10 Å². The molecule has 2 heterocycles. The van der Waals surface area contributed by atoms with Crippen LogP contribution >= 0.6 is 11.8 Å². The zero-order chi connectivity index (χ0) is 19.8. The highest BCUT2D eigenvalue weighted by atomic mass is 32.2. The lowest BCUT2D eigenvalue weighted by atomic mass is 10.2. The summed E-state index contributed by atoms with van der Waals surface area (Å²) < 4.78 is 0. The Morgan fingerprint density at radius 1 is 1.25 bits per heavy atom. The molecular formula is C20H25N5O2S. The number of aromatic hydroxyl groups is 1. The van der Waals surface area contributed by atoms with Crippen molar-refractivity contribution in [3.05, 3.63) is 41.6 Å². The summed E-state index contributed by atoms with van der Waals surface area (Å²) in [5, 5.41) is 14.4. The van der Waals surface area contributed by atoms with Gasteiger partial charge in [-0.25, -0.2) is 15.4 Å². The number of anilines is 1. The van der Waals surface area contributed by atoms with Crippen molar-refractivity contribution in [2.24, 2.45) is 5.10 Å². The molecule has 1 amide bonds. The molecule has 1 saturated heterocycles. The van der Waals surface area contributed by atoms with Crippen LogP contribution < -0.4 is 10.3 Å². The van der Waals surface area contributed by atoms with Crippen LogP contribution in [0.4, 0.5) is 5.95 Å². The highest BCUT2D eigenvalue weighted by Gasteiger charge is 2.14. The van der Waals surface area contributed by atoms with E-state index in [0.29, 0.717) is 5.56 Å². The van der Waals surface area contributed by atoms with Crippen LogP contribution in [0.15, 0.2) is 40.5 Å². The molecule has 0 atom stereocenters. The lowest BCUT2D eigenvalue weighted by Gasteiger charge is -2.20. The van der Waals surface area contributed by atoms with E-state index in [1.54, 1.807) is 24.3 Å². The van der Waals surface area contributed by atoms with E-state index in [9.17, 15) is 9.90 Å². The first-order valence-corrected chi connectivity index (χ1v) is 10.4. The molecule has 1 fully saturated rings. The minimum Gasteiger partial charge on any atom is -0.507 e. The predicted octanol–water partition coefficient (Wildman–Crippen LogP) is 3.11. The highest BCUT2D eigenvalue weighted by Crippen LogP contribution is 2.21. The Balaban J connectivity index is 1.55. The number of carbonyl (C=O) groups excluding carboxylic acids is 1. The molecule has 1 aromatic carbocycles. The fourth-order valence-corrected chi connectivity index (χ4v) is 3.70. The average Bonchev–Trinajstić information content (AvgIpc) is 2.97. The molecule has 8 heteroatoms. The Bertz CT molecular complexity index is 835. The summed E-state index contributed by atoms with van der Waals surface area (Å²) in [5.74, 6) is 0.840. The van der Waals surface area contributed by atoms with Crippen molar-refractivity contribution in [2.75, 3.05) is 23.7 Å². The molecule has 0 saturated carbocycles. The zero-order valence-electron chi connectivity index (χ0n) is 16.0. The second-order valence-corrected chi connectivity index (χ2v) is 7.69. The molecule has 1 aliphatic heterocycles. The van der Waals surface area contributed by atoms with Gasteiger partial charge in [0.15, 0.2) is 0 Å². The van der Waals surface area contributed by atoms with Gasteiger partial charge < -0.3 is 10.0 Å². The third-order valence-corrected chi connectivity index (χ3v) is 5.30. The first-order valence-electron chi connectivity index (χ1n) is 9.45. The van der Waals surface area contributed by atoms with Crippen LogP contribution in [-0.4, -0.2) is 46.0 Å². The molecule has 0 bridgehead atoms. The van der Waals surface area contributed by atoms with Crippen LogP contribution in [0.5, 0.6) is 5.75 Å². The van der Waals surface area contributed by atoms with Crippen LogP contribution in [0.3, 0.4) is 0 Å². The van der Waals surface area contributed by atoms with Gasteiger partial charge in [-0.1, -0.05) is 36.7 Å². The van der Waals surface area contributed by atoms with E-state index in [4.69, 9.17) is 0 Å². The summed E-state index contributed by atoms with van der Waals surface area (Å²) in [5.41, 5.74) is 3.92. The number of hydrazone groups is 1. The lowest BCUT2D eigenvalue weighted by Crippen LogP contribution is -2.26. The summed E-state index contributed by atoms with van der Waals surface area (Å²) in [6.07, 6.45) is 6.26. The predicted molar refractivity (Wildman–Crippen MR) is 112 cm³/mol. The second-order valence-electron chi connectivity index (χ2n) is 6.69. The topological polar surface area (TPSA) is 90.7 Å². The number of benzene rings is 1. The van der Waals surface area contributed by atoms with Crippen LogP contribution in [0.2, 0.25) is 0 Å². The maximum atomic E-state index is 12.0. The largest absolute Gasteiger partial charge is 0.507 e. The van der Waals surface area contributed by atoms with Gasteiger partial charge in [0.2, 0.25) is 11.9 Å². The fraction of sp³-hybridized carbons (Fsp3) is 0.400. The molecule has 3 rings (SSSR count). The first-order chi connectivity index (χ1) is 13.6. The van der Waals surface area contributed by atoms with Crippen molar-refractivity contribution >= 4 is 29.8 Å². The summed E-state index contributed by atoms with van der Waals surface area (Å²) in [4.78, 5) is 23.5. The first kappa shape index (κ1) is 20.1. The van der Waals surface area contributed by atoms with Gasteiger partial charge in [0.25, 0.3) is 0 Å². The number of nitrogens with one attached hydrogen (secondary N) is 1. The van der Waals surface area contributed by atoms with Crippen molar-refractivity contribution < 1.29 is 9.90 Å². The van der Waals surface area contributed by atoms with E-state index in [1.807, 2.05) is 13.0 Å². The number of carbonyl (C=O) groups is 1. The third-order valence-electron chi connectivity index (χ3n) is 4.39. The van der Waals surface area contributed by atoms with E-state index in [1.165, 1.54) is 30.8 Å². The molecule has 2 N–H and O–H groups in total. The van der Waals surface area contributed by atoms with Crippen molar-refractivity contribution in [1.29, 1.82) is 0 Å². The summed E-state index contributed by atoms with van der Waals surface area (Å²) >= 11 is 1.36. The number of para-hydroxylation sites is 1. The van der Waals surface area contributed by atoms with Crippen LogP contribution in [0.1, 0.15) is 36.9 Å². The van der Waals surface area contributed by atoms with E-state index < -0.39 is 0 Å². The monoisotopic (exact) mass is 399 g/mol. The van der Waals surface area contributed by atoms with Crippen molar-refractivity contribution in [2.45, 2.75) is 37.6 Å². The van der Waals surface area contributed by atoms with Gasteiger partial charge in [0.1, 0.15) is 10.8 Å². The molecule has 0 radical (unpaired) electrons. The molecule has 1 aliphatic rings. The number of rotatable bonds is 6. The lowest BCUT2D eigenvalue weighted by molar-refractivity contribution is -0.118. The normalized spacial score (nSPS) is 14.8. The summed E-state index contributed by atoms with van der Waals surface area (Å²) in [7, 11) is 0. The standard InChI is InChI=1S/C20H25N5O2S/c1-15-12-19(23-20(22-15)25-10-6-2-3-7-11-25)28-14-18(27)24-21-13-16-8-4-5-9-17(16)26/h4-5,8-9,12-13,26H,2-3,6-7,10-11,14H2,1H3,(H,24,27)/b21-13+. The fourth-order valence-electron chi connectivity index (χ4n) is 2.95. The number of amides is 1. The summed E-state index contributed by atoms with van der Waals surface area (Å²) in [6.45, 7) is 3.91. The van der Waals surface area contributed by atoms with Gasteiger partial charge in [-0.15, -0.1) is 0 Å². The van der Waals surface area contributed by atoms with Crippen LogP contribution in [0.25, 0.3) is 0 Å². The van der Waals surface area contributed by atoms with Crippen molar-refractivity contribution in [3.63, 3.8) is 0 Å². The Labute approximate surface area is 169 Å². The minimum absolute atomic E-state index is 0.118. The van der Waals surface area contributed by atoms with E-state index >= 15 is 0 Å². The van der Waals surface area contributed by atoms with Gasteiger partial charge in [0.05, 0.1) is 12.0 Å². The molecule has 0 unspecified atom stereocenters. The Kier molecular flexibility index (Phi) is 7.25. The maximum absolute atomic E-state index is 12.0. The molecule has 7 nitrogen and oxygen atoms in total. The summed E-state index contributed by atoms with van der Waals surface area (Å²) in [6, 6.07) is 8.69. The second kappa shape index (κ2) is 10.1. The van der Waals surface area contributed by atoms with Crippen molar-refractivity contribution in [3.8, 4) is 5.75 Å². The quantitative estimate of drug-likeness (QED) is 0.336. The highest BCUT2D eigenvalue weighted by molar-refractivity contribution is 7.99. The number of phenols is 1. The van der Waals surface area contributed by atoms with E-state index in [2.05, 4.69) is 25.4 Å². The zero-order valence-corrected chi connectivity index (χ0v) is 16.8. The van der Waals surface area contributed by atoms with Gasteiger partial charge in [-0.05, 0) is 38.0 Å². The number of phenolic OH excluding ortho intramolecular Hbond substituents is 1. The Hall–Kier alpha value is -2.61. The van der Waals surface area contributed by atoms with Crippen LogP contribution in [-0.2, 0) is 4.79 Å². The Morgan fingerprint density at radius 2 is 2.00 bits per heavy atom. The number of thioether (sulfide) groups is 1. The smallest absolute Gasteiger partial charge is 0.250 e. The minimum atomic E-state index is -0.232. The molecular weight excluding hydrogens is 374 g/mol. The van der Waals surface area contributed by atoms with Gasteiger partial charge in [0, 0.05) is 24.3 Å². The molecule has 2 aromatic rings. The molecule has 0 aliphatic carbocycles. The van der Waals surface area contributed by atoms with Gasteiger partial charge in [-0.3, -0.25) is 4.79 Å². The number of hydrogen-bond acceptors (Lipinski definition) is 7.